The molecular formula is C15H18FN3OS. The molecule has 2 N–H and O–H groups in total. The van der Waals surface area contributed by atoms with E-state index in [4.69, 9.17) is 0 Å². The van der Waals surface area contributed by atoms with E-state index >= 15 is 0 Å². The highest BCUT2D eigenvalue weighted by Gasteiger charge is 2.03. The van der Waals surface area contributed by atoms with E-state index < -0.39 is 0 Å². The summed E-state index contributed by atoms with van der Waals surface area (Å²) in [6, 6.07) is 7.71. The van der Waals surface area contributed by atoms with Gasteiger partial charge >= 0.3 is 0 Å². The van der Waals surface area contributed by atoms with E-state index in [2.05, 4.69) is 29.1 Å². The van der Waals surface area contributed by atoms with Crippen molar-refractivity contribution in [2.24, 2.45) is 0 Å². The number of thioether (sulfide) groups is 1. The molecule has 6 heteroatoms. The van der Waals surface area contributed by atoms with Gasteiger partial charge in [0.25, 0.3) is 5.56 Å². The lowest BCUT2D eigenvalue weighted by atomic mass is 10.2. The topological polar surface area (TPSA) is 57.8 Å². The Labute approximate surface area is 127 Å². The Morgan fingerprint density at radius 2 is 2.05 bits per heavy atom. The smallest absolute Gasteiger partial charge is 0.252 e. The zero-order chi connectivity index (χ0) is 15.2. The minimum atomic E-state index is -0.266. The average Bonchev–Trinajstić information content (AvgIpc) is 2.44. The van der Waals surface area contributed by atoms with Crippen molar-refractivity contribution in [1.82, 2.24) is 9.97 Å². The Morgan fingerprint density at radius 1 is 1.33 bits per heavy atom. The molecule has 1 aromatic heterocycles. The quantitative estimate of drug-likeness (QED) is 0.860. The number of aromatic nitrogens is 2. The third kappa shape index (κ3) is 5.23. The van der Waals surface area contributed by atoms with Crippen molar-refractivity contribution in [3.63, 3.8) is 0 Å². The Morgan fingerprint density at radius 3 is 2.71 bits per heavy atom. The maximum atomic E-state index is 12.8. The van der Waals surface area contributed by atoms with Crippen molar-refractivity contribution >= 4 is 17.7 Å². The normalized spacial score (nSPS) is 10.9. The van der Waals surface area contributed by atoms with Crippen LogP contribution in [0.2, 0.25) is 0 Å². The minimum Gasteiger partial charge on any atom is -0.352 e. The molecule has 112 valence electrons. The van der Waals surface area contributed by atoms with Gasteiger partial charge in [-0.1, -0.05) is 26.0 Å². The monoisotopic (exact) mass is 307 g/mol. The van der Waals surface area contributed by atoms with Gasteiger partial charge in [-0.3, -0.25) is 9.78 Å². The van der Waals surface area contributed by atoms with Gasteiger partial charge in [0.15, 0.2) is 0 Å². The highest BCUT2D eigenvalue weighted by Crippen LogP contribution is 2.15. The largest absolute Gasteiger partial charge is 0.352 e. The fourth-order valence-electron chi connectivity index (χ4n) is 1.71. The second kappa shape index (κ2) is 7.26. The average molecular weight is 307 g/mol. The van der Waals surface area contributed by atoms with Crippen molar-refractivity contribution in [1.29, 1.82) is 0 Å². The van der Waals surface area contributed by atoms with Gasteiger partial charge in [0.1, 0.15) is 5.82 Å². The summed E-state index contributed by atoms with van der Waals surface area (Å²) in [5.41, 5.74) is 1.49. The molecule has 2 aromatic rings. The van der Waals surface area contributed by atoms with E-state index in [9.17, 15) is 9.18 Å². The molecule has 0 radical (unpaired) electrons. The molecule has 1 aromatic carbocycles. The molecule has 0 atom stereocenters. The fraction of sp³-hybridized carbons (Fsp3) is 0.333. The molecule has 0 saturated heterocycles. The first-order valence-electron chi connectivity index (χ1n) is 6.73. The van der Waals surface area contributed by atoms with Crippen molar-refractivity contribution in [3.05, 3.63) is 57.8 Å². The second-order valence-electron chi connectivity index (χ2n) is 4.93. The third-order valence-electron chi connectivity index (χ3n) is 2.73. The van der Waals surface area contributed by atoms with E-state index in [1.165, 1.54) is 18.2 Å². The number of hydrogen-bond donors (Lipinski definition) is 2. The van der Waals surface area contributed by atoms with E-state index in [1.807, 2.05) is 0 Å². The summed E-state index contributed by atoms with van der Waals surface area (Å²) in [7, 11) is 0. The van der Waals surface area contributed by atoms with Gasteiger partial charge in [0.05, 0.1) is 5.69 Å². The van der Waals surface area contributed by atoms with Gasteiger partial charge < -0.3 is 5.32 Å². The number of hydrogen-bond acceptors (Lipinski definition) is 4. The van der Waals surface area contributed by atoms with Gasteiger partial charge in [0, 0.05) is 18.4 Å². The number of aromatic amines is 1. The van der Waals surface area contributed by atoms with Crippen LogP contribution in [-0.4, -0.2) is 15.2 Å². The standard InChI is InChI=1S/C15H18FN3OS/c1-10(2)21-9-13-7-14(20)19-15(18-13)17-8-11-3-5-12(16)6-4-11/h3-7,10H,8-9H2,1-2H3,(H2,17,18,19,20). The first-order valence-corrected chi connectivity index (χ1v) is 7.78. The van der Waals surface area contributed by atoms with E-state index in [1.54, 1.807) is 23.9 Å². The van der Waals surface area contributed by atoms with Crippen LogP contribution < -0.4 is 10.9 Å². The minimum absolute atomic E-state index is 0.175. The summed E-state index contributed by atoms with van der Waals surface area (Å²) in [4.78, 5) is 18.6. The van der Waals surface area contributed by atoms with E-state index in [0.717, 1.165) is 11.3 Å². The van der Waals surface area contributed by atoms with Gasteiger partial charge in [-0.15, -0.1) is 0 Å². The van der Waals surface area contributed by atoms with Crippen LogP contribution in [0.15, 0.2) is 35.1 Å². The van der Waals surface area contributed by atoms with Crippen LogP contribution in [0, 0.1) is 5.82 Å². The third-order valence-corrected chi connectivity index (χ3v) is 3.86. The Hall–Kier alpha value is -1.82. The van der Waals surface area contributed by atoms with E-state index in [0.29, 0.717) is 23.5 Å². The lowest BCUT2D eigenvalue weighted by Gasteiger charge is -2.08. The van der Waals surface area contributed by atoms with Crippen molar-refractivity contribution in [2.75, 3.05) is 5.32 Å². The van der Waals surface area contributed by atoms with Crippen LogP contribution in [0.4, 0.5) is 10.3 Å². The molecular weight excluding hydrogens is 289 g/mol. The number of rotatable bonds is 6. The van der Waals surface area contributed by atoms with Crippen LogP contribution >= 0.6 is 11.8 Å². The first kappa shape index (κ1) is 15.6. The van der Waals surface area contributed by atoms with Crippen LogP contribution in [0.1, 0.15) is 25.1 Å². The molecule has 0 bridgehead atoms. The Bertz CT molecular complexity index is 640. The van der Waals surface area contributed by atoms with Crippen LogP contribution in [0.3, 0.4) is 0 Å². The molecule has 0 aliphatic carbocycles. The number of anilines is 1. The van der Waals surface area contributed by atoms with E-state index in [-0.39, 0.29) is 11.4 Å². The maximum absolute atomic E-state index is 12.8. The molecule has 0 unspecified atom stereocenters. The fourth-order valence-corrected chi connectivity index (χ4v) is 2.36. The van der Waals surface area contributed by atoms with Crippen LogP contribution in [0.25, 0.3) is 0 Å². The molecule has 0 amide bonds. The predicted octanol–water partition coefficient (Wildman–Crippen LogP) is 3.16. The molecule has 0 spiro atoms. The van der Waals surface area contributed by atoms with Gasteiger partial charge in [-0.05, 0) is 22.9 Å². The molecule has 0 fully saturated rings. The SMILES string of the molecule is CC(C)SCc1cc(=O)[nH]c(NCc2ccc(F)cc2)n1. The van der Waals surface area contributed by atoms with Crippen molar-refractivity contribution in [3.8, 4) is 0 Å². The molecule has 0 aliphatic rings. The number of H-pyrrole nitrogens is 1. The molecule has 0 saturated carbocycles. The molecule has 1 heterocycles. The highest BCUT2D eigenvalue weighted by atomic mass is 32.2. The number of benzene rings is 1. The summed E-state index contributed by atoms with van der Waals surface area (Å²) >= 11 is 1.73. The highest BCUT2D eigenvalue weighted by molar-refractivity contribution is 7.99. The lowest BCUT2D eigenvalue weighted by Crippen LogP contribution is -2.14. The van der Waals surface area contributed by atoms with Crippen molar-refractivity contribution in [2.45, 2.75) is 31.4 Å². The number of nitrogens with one attached hydrogen (secondary N) is 2. The summed E-state index contributed by atoms with van der Waals surface area (Å²) in [5.74, 6) is 0.872. The molecule has 0 aliphatic heterocycles. The zero-order valence-electron chi connectivity index (χ0n) is 12.0. The number of nitrogens with zero attached hydrogens (tertiary/aromatic N) is 1. The molecule has 21 heavy (non-hydrogen) atoms. The summed E-state index contributed by atoms with van der Waals surface area (Å²) in [5, 5.41) is 3.54. The Kier molecular flexibility index (Phi) is 5.38. The second-order valence-corrected chi connectivity index (χ2v) is 6.49. The van der Waals surface area contributed by atoms with Crippen LogP contribution in [-0.2, 0) is 12.3 Å². The Balaban J connectivity index is 2.02. The summed E-state index contributed by atoms with van der Waals surface area (Å²) < 4.78 is 12.8. The molecule has 2 rings (SSSR count). The van der Waals surface area contributed by atoms with Gasteiger partial charge in [-0.2, -0.15) is 11.8 Å². The first-order chi connectivity index (χ1) is 10.0. The predicted molar refractivity (Wildman–Crippen MR) is 85.0 cm³/mol. The van der Waals surface area contributed by atoms with Gasteiger partial charge in [0.2, 0.25) is 5.95 Å². The maximum Gasteiger partial charge on any atom is 0.252 e. The van der Waals surface area contributed by atoms with Crippen LogP contribution in [0.5, 0.6) is 0 Å². The zero-order valence-corrected chi connectivity index (χ0v) is 12.8. The summed E-state index contributed by atoms with van der Waals surface area (Å²) in [6.45, 7) is 4.68. The lowest BCUT2D eigenvalue weighted by molar-refractivity contribution is 0.627. The number of halogens is 1. The molecule has 4 nitrogen and oxygen atoms in total. The van der Waals surface area contributed by atoms with Crippen molar-refractivity contribution < 1.29 is 4.39 Å². The van der Waals surface area contributed by atoms with Gasteiger partial charge in [-0.25, -0.2) is 9.37 Å². The summed E-state index contributed by atoms with van der Waals surface area (Å²) in [6.07, 6.45) is 0.